The van der Waals surface area contributed by atoms with Crippen LogP contribution in [0.2, 0.25) is 5.15 Å². The molecule has 1 aromatic heterocycles. The molecule has 5 heteroatoms. The molecule has 0 saturated carbocycles. The van der Waals surface area contributed by atoms with Crippen LogP contribution in [0.5, 0.6) is 0 Å². The van der Waals surface area contributed by atoms with E-state index in [0.29, 0.717) is 17.1 Å². The summed E-state index contributed by atoms with van der Waals surface area (Å²) in [7, 11) is 2.18. The third kappa shape index (κ3) is 3.41. The van der Waals surface area contributed by atoms with Gasteiger partial charge in [0.25, 0.3) is 0 Å². The third-order valence-electron chi connectivity index (χ3n) is 4.05. The summed E-state index contributed by atoms with van der Waals surface area (Å²) >= 11 is 6.24. The summed E-state index contributed by atoms with van der Waals surface area (Å²) in [6.07, 6.45) is 1.13. The van der Waals surface area contributed by atoms with E-state index in [2.05, 4.69) is 48.0 Å². The van der Waals surface area contributed by atoms with Crippen molar-refractivity contribution in [1.29, 1.82) is 0 Å². The number of nitrogens with one attached hydrogen (secondary N) is 1. The zero-order chi connectivity index (χ0) is 14.9. The Morgan fingerprint density at radius 1 is 1.35 bits per heavy atom. The summed E-state index contributed by atoms with van der Waals surface area (Å²) in [6.45, 7) is 10.7. The molecule has 0 amide bonds. The Hall–Kier alpha value is -0.870. The van der Waals surface area contributed by atoms with Gasteiger partial charge in [0.1, 0.15) is 16.8 Å². The first-order valence-electron chi connectivity index (χ1n) is 7.37. The van der Waals surface area contributed by atoms with Crippen LogP contribution >= 0.6 is 11.6 Å². The van der Waals surface area contributed by atoms with Crippen molar-refractivity contribution in [1.82, 2.24) is 14.9 Å². The molecule has 2 rings (SSSR count). The van der Waals surface area contributed by atoms with Crippen LogP contribution < -0.4 is 5.32 Å². The fraction of sp³-hybridized carbons (Fsp3) is 0.733. The van der Waals surface area contributed by atoms with Crippen molar-refractivity contribution in [3.05, 3.63) is 16.5 Å². The molecule has 1 fully saturated rings. The van der Waals surface area contributed by atoms with E-state index in [0.717, 1.165) is 36.7 Å². The molecule has 0 bridgehead atoms. The lowest BCUT2D eigenvalue weighted by molar-refractivity contribution is 0.206. The molecule has 4 nitrogen and oxygen atoms in total. The van der Waals surface area contributed by atoms with E-state index < -0.39 is 0 Å². The van der Waals surface area contributed by atoms with Crippen molar-refractivity contribution < 1.29 is 0 Å². The molecule has 0 aliphatic carbocycles. The molecule has 20 heavy (non-hydrogen) atoms. The molecule has 0 radical (unpaired) electrons. The van der Waals surface area contributed by atoms with Gasteiger partial charge in [-0.05, 0) is 32.9 Å². The maximum atomic E-state index is 6.24. The summed E-state index contributed by atoms with van der Waals surface area (Å²) in [6, 6.07) is 0.455. The molecule has 1 aromatic rings. The highest BCUT2D eigenvalue weighted by Crippen LogP contribution is 2.26. The van der Waals surface area contributed by atoms with E-state index in [9.17, 15) is 0 Å². The maximum Gasteiger partial charge on any atom is 0.137 e. The number of anilines is 1. The first kappa shape index (κ1) is 15.5. The normalized spacial score (nSPS) is 24.1. The highest BCUT2D eigenvalue weighted by atomic mass is 35.5. The highest BCUT2D eigenvalue weighted by Gasteiger charge is 2.25. The van der Waals surface area contributed by atoms with Crippen LogP contribution in [-0.4, -0.2) is 41.0 Å². The second-order valence-corrected chi connectivity index (χ2v) is 6.64. The van der Waals surface area contributed by atoms with Gasteiger partial charge in [-0.3, -0.25) is 0 Å². The first-order valence-corrected chi connectivity index (χ1v) is 7.75. The maximum absolute atomic E-state index is 6.24. The largest absolute Gasteiger partial charge is 0.367 e. The second kappa shape index (κ2) is 6.27. The van der Waals surface area contributed by atoms with Crippen LogP contribution in [0.1, 0.15) is 44.5 Å². The van der Waals surface area contributed by atoms with Crippen molar-refractivity contribution in [2.75, 3.05) is 25.5 Å². The molecular formula is C15H25ClN4. The van der Waals surface area contributed by atoms with Crippen molar-refractivity contribution in [3.63, 3.8) is 0 Å². The molecule has 2 heterocycles. The van der Waals surface area contributed by atoms with Gasteiger partial charge in [0, 0.05) is 24.1 Å². The number of halogens is 1. The molecule has 1 aliphatic heterocycles. The molecule has 2 unspecified atom stereocenters. The van der Waals surface area contributed by atoms with Gasteiger partial charge in [0.05, 0.1) is 0 Å². The Morgan fingerprint density at radius 3 is 2.65 bits per heavy atom. The van der Waals surface area contributed by atoms with Crippen LogP contribution in [0.4, 0.5) is 5.82 Å². The fourth-order valence-corrected chi connectivity index (χ4v) is 2.82. The summed E-state index contributed by atoms with van der Waals surface area (Å²) < 4.78 is 0. The lowest BCUT2D eigenvalue weighted by Gasteiger charge is -2.35. The van der Waals surface area contributed by atoms with Gasteiger partial charge in [-0.25, -0.2) is 9.97 Å². The topological polar surface area (TPSA) is 41.1 Å². The van der Waals surface area contributed by atoms with Crippen molar-refractivity contribution in [2.45, 2.75) is 46.1 Å². The summed E-state index contributed by atoms with van der Waals surface area (Å²) in [5.74, 6) is 2.59. The minimum absolute atomic E-state index is 0.281. The number of rotatable bonds is 3. The average Bonchev–Trinajstić information content (AvgIpc) is 2.37. The number of nitrogens with zero attached hydrogens (tertiary/aromatic N) is 3. The monoisotopic (exact) mass is 296 g/mol. The molecule has 1 N–H and O–H groups in total. The predicted molar refractivity (Wildman–Crippen MR) is 84.6 cm³/mol. The Balaban J connectivity index is 2.20. The van der Waals surface area contributed by atoms with Crippen LogP contribution in [0.25, 0.3) is 0 Å². The Morgan fingerprint density at radius 2 is 2.05 bits per heavy atom. The van der Waals surface area contributed by atoms with E-state index in [1.165, 1.54) is 0 Å². The smallest absolute Gasteiger partial charge is 0.137 e. The number of hydrogen-bond acceptors (Lipinski definition) is 4. The predicted octanol–water partition coefficient (Wildman–Crippen LogP) is 3.31. The van der Waals surface area contributed by atoms with Gasteiger partial charge in [-0.1, -0.05) is 32.4 Å². The summed E-state index contributed by atoms with van der Waals surface area (Å²) in [5.41, 5.74) is 0.946. The van der Waals surface area contributed by atoms with Gasteiger partial charge >= 0.3 is 0 Å². The molecule has 0 aromatic carbocycles. The van der Waals surface area contributed by atoms with Crippen LogP contribution in [-0.2, 0) is 0 Å². The van der Waals surface area contributed by atoms with Crippen LogP contribution in [0.15, 0.2) is 0 Å². The van der Waals surface area contributed by atoms with Gasteiger partial charge in [0.15, 0.2) is 0 Å². The fourth-order valence-electron chi connectivity index (χ4n) is 2.65. The molecule has 1 aliphatic rings. The Labute approximate surface area is 126 Å². The number of likely N-dealkylation sites (tertiary alicyclic amines) is 1. The minimum atomic E-state index is 0.281. The van der Waals surface area contributed by atoms with Gasteiger partial charge in [-0.15, -0.1) is 0 Å². The Kier molecular flexibility index (Phi) is 4.86. The van der Waals surface area contributed by atoms with Gasteiger partial charge < -0.3 is 10.2 Å². The van der Waals surface area contributed by atoms with Crippen LogP contribution in [0, 0.1) is 12.8 Å². The standard InChI is InChI=1S/C15H25ClN4/c1-9(2)14-18-13(16)11(4)15(19-14)17-12-6-7-20(5)8-10(12)3/h9-10,12H,6-8H2,1-5H3,(H,17,18,19). The number of piperidine rings is 1. The SMILES string of the molecule is Cc1c(Cl)nc(C(C)C)nc1NC1CCN(C)CC1C. The number of hydrogen-bond donors (Lipinski definition) is 1. The lowest BCUT2D eigenvalue weighted by Crippen LogP contribution is -2.43. The third-order valence-corrected chi connectivity index (χ3v) is 4.42. The van der Waals surface area contributed by atoms with E-state index in [1.807, 2.05) is 6.92 Å². The van der Waals surface area contributed by atoms with Gasteiger partial charge in [-0.2, -0.15) is 0 Å². The lowest BCUT2D eigenvalue weighted by atomic mass is 9.94. The van der Waals surface area contributed by atoms with E-state index in [1.54, 1.807) is 0 Å². The molecular weight excluding hydrogens is 272 g/mol. The quantitative estimate of drug-likeness (QED) is 0.869. The van der Waals surface area contributed by atoms with E-state index >= 15 is 0 Å². The highest BCUT2D eigenvalue weighted by molar-refractivity contribution is 6.30. The van der Waals surface area contributed by atoms with Crippen molar-refractivity contribution in [2.24, 2.45) is 5.92 Å². The molecule has 1 saturated heterocycles. The summed E-state index contributed by atoms with van der Waals surface area (Å²) in [5, 5.41) is 4.16. The zero-order valence-corrected chi connectivity index (χ0v) is 13.8. The molecule has 112 valence electrons. The van der Waals surface area contributed by atoms with Crippen LogP contribution in [0.3, 0.4) is 0 Å². The average molecular weight is 297 g/mol. The molecule has 2 atom stereocenters. The summed E-state index contributed by atoms with van der Waals surface area (Å²) in [4.78, 5) is 11.4. The number of aromatic nitrogens is 2. The zero-order valence-electron chi connectivity index (χ0n) is 13.1. The van der Waals surface area contributed by atoms with Gasteiger partial charge in [0.2, 0.25) is 0 Å². The van der Waals surface area contributed by atoms with Crippen molar-refractivity contribution in [3.8, 4) is 0 Å². The van der Waals surface area contributed by atoms with E-state index in [-0.39, 0.29) is 5.92 Å². The van der Waals surface area contributed by atoms with E-state index in [4.69, 9.17) is 11.6 Å². The minimum Gasteiger partial charge on any atom is -0.367 e. The first-order chi connectivity index (χ1) is 9.38. The second-order valence-electron chi connectivity index (χ2n) is 6.28. The Bertz CT molecular complexity index is 475. The van der Waals surface area contributed by atoms with Crippen molar-refractivity contribution >= 4 is 17.4 Å². The molecule has 0 spiro atoms.